The van der Waals surface area contributed by atoms with E-state index in [1.165, 1.54) is 33.0 Å². The van der Waals surface area contributed by atoms with Crippen molar-refractivity contribution in [1.82, 2.24) is 9.80 Å². The molecule has 0 unspecified atom stereocenters. The molecule has 1 heterocycles. The Bertz CT molecular complexity index is 213. The molecule has 0 spiro atoms. The summed E-state index contributed by atoms with van der Waals surface area (Å²) < 4.78 is 4.71. The van der Waals surface area contributed by atoms with Gasteiger partial charge >= 0.3 is 5.97 Å². The van der Waals surface area contributed by atoms with Crippen molar-refractivity contribution in [2.75, 3.05) is 39.8 Å². The van der Waals surface area contributed by atoms with Crippen LogP contribution >= 0.6 is 0 Å². The highest BCUT2D eigenvalue weighted by molar-refractivity contribution is 5.71. The van der Waals surface area contributed by atoms with Crippen LogP contribution in [-0.2, 0) is 9.53 Å². The second-order valence-electron chi connectivity index (χ2n) is 4.69. The molecule has 16 heavy (non-hydrogen) atoms. The van der Waals surface area contributed by atoms with Crippen molar-refractivity contribution in [1.29, 1.82) is 0 Å². The number of hydrogen-bond acceptors (Lipinski definition) is 4. The van der Waals surface area contributed by atoms with Gasteiger partial charge in [-0.1, -0.05) is 0 Å². The summed E-state index contributed by atoms with van der Waals surface area (Å²) in [7, 11) is 1.45. The molecule has 0 aromatic carbocycles. The number of carbonyl (C=O) groups excluding carboxylic acids is 1. The van der Waals surface area contributed by atoms with Crippen LogP contribution in [0.25, 0.3) is 0 Å². The van der Waals surface area contributed by atoms with E-state index in [1.54, 1.807) is 0 Å². The largest absolute Gasteiger partial charge is 0.468 e. The number of ether oxygens (including phenoxy) is 1. The summed E-state index contributed by atoms with van der Waals surface area (Å²) in [6.07, 6.45) is 2.64. The zero-order valence-electron chi connectivity index (χ0n) is 10.7. The zero-order chi connectivity index (χ0) is 12.0. The monoisotopic (exact) mass is 228 g/mol. The Morgan fingerprint density at radius 3 is 2.50 bits per heavy atom. The first kappa shape index (κ1) is 13.5. The van der Waals surface area contributed by atoms with Crippen molar-refractivity contribution < 1.29 is 9.53 Å². The maximum atomic E-state index is 11.2. The Morgan fingerprint density at radius 2 is 2.00 bits per heavy atom. The lowest BCUT2D eigenvalue weighted by Crippen LogP contribution is -2.41. The standard InChI is InChI=1S/C12H24N2O2/c1-11(2)14(10-12(15)16-3)9-8-13-6-4-5-7-13/h11H,4-10H2,1-3H3. The van der Waals surface area contributed by atoms with Crippen LogP contribution in [-0.4, -0.2) is 61.6 Å². The Kier molecular flexibility index (Phi) is 5.77. The summed E-state index contributed by atoms with van der Waals surface area (Å²) in [5.74, 6) is -0.143. The first-order valence-electron chi connectivity index (χ1n) is 6.16. The fourth-order valence-corrected chi connectivity index (χ4v) is 2.03. The van der Waals surface area contributed by atoms with Crippen molar-refractivity contribution in [2.45, 2.75) is 32.7 Å². The Labute approximate surface area is 98.5 Å². The molecular formula is C12H24N2O2. The number of esters is 1. The Hall–Kier alpha value is -0.610. The van der Waals surface area contributed by atoms with E-state index in [0.29, 0.717) is 12.6 Å². The number of likely N-dealkylation sites (tertiary alicyclic amines) is 1. The first-order chi connectivity index (χ1) is 7.63. The third-order valence-electron chi connectivity index (χ3n) is 3.19. The molecule has 1 aliphatic rings. The third-order valence-corrected chi connectivity index (χ3v) is 3.19. The van der Waals surface area contributed by atoms with Crippen LogP contribution < -0.4 is 0 Å². The van der Waals surface area contributed by atoms with E-state index < -0.39 is 0 Å². The summed E-state index contributed by atoms with van der Waals surface area (Å²) in [5.41, 5.74) is 0. The van der Waals surface area contributed by atoms with Crippen LogP contribution in [0, 0.1) is 0 Å². The van der Waals surface area contributed by atoms with Crippen molar-refractivity contribution in [3.8, 4) is 0 Å². The molecule has 94 valence electrons. The second-order valence-corrected chi connectivity index (χ2v) is 4.69. The van der Waals surface area contributed by atoms with Gasteiger partial charge in [0.25, 0.3) is 0 Å². The van der Waals surface area contributed by atoms with Crippen LogP contribution in [0.2, 0.25) is 0 Å². The Balaban J connectivity index is 2.29. The summed E-state index contributed by atoms with van der Waals surface area (Å²) >= 11 is 0. The molecule has 1 aliphatic heterocycles. The topological polar surface area (TPSA) is 32.8 Å². The van der Waals surface area contributed by atoms with E-state index >= 15 is 0 Å². The number of carbonyl (C=O) groups is 1. The highest BCUT2D eigenvalue weighted by Gasteiger charge is 2.17. The van der Waals surface area contributed by atoms with E-state index in [0.717, 1.165) is 13.1 Å². The summed E-state index contributed by atoms with van der Waals surface area (Å²) in [6, 6.07) is 0.390. The van der Waals surface area contributed by atoms with Gasteiger partial charge in [-0.15, -0.1) is 0 Å². The predicted molar refractivity (Wildman–Crippen MR) is 64.4 cm³/mol. The molecule has 0 N–H and O–H groups in total. The Morgan fingerprint density at radius 1 is 1.38 bits per heavy atom. The minimum atomic E-state index is -0.143. The molecule has 0 bridgehead atoms. The first-order valence-corrected chi connectivity index (χ1v) is 6.16. The SMILES string of the molecule is COC(=O)CN(CCN1CCCC1)C(C)C. The van der Waals surface area contributed by atoms with E-state index in [4.69, 9.17) is 4.74 Å². The lowest BCUT2D eigenvalue weighted by atomic mass is 10.3. The predicted octanol–water partition coefficient (Wildman–Crippen LogP) is 0.966. The van der Waals surface area contributed by atoms with Gasteiger partial charge in [-0.25, -0.2) is 0 Å². The van der Waals surface area contributed by atoms with Crippen LogP contribution in [0.3, 0.4) is 0 Å². The molecule has 0 atom stereocenters. The smallest absolute Gasteiger partial charge is 0.319 e. The minimum Gasteiger partial charge on any atom is -0.468 e. The van der Waals surface area contributed by atoms with Crippen molar-refractivity contribution >= 4 is 5.97 Å². The fraction of sp³-hybridized carbons (Fsp3) is 0.917. The van der Waals surface area contributed by atoms with Gasteiger partial charge in [0.1, 0.15) is 0 Å². The van der Waals surface area contributed by atoms with Crippen molar-refractivity contribution in [3.63, 3.8) is 0 Å². The summed E-state index contributed by atoms with van der Waals surface area (Å²) in [6.45, 7) is 9.08. The zero-order valence-corrected chi connectivity index (χ0v) is 10.7. The number of rotatable bonds is 6. The van der Waals surface area contributed by atoms with Gasteiger partial charge < -0.3 is 9.64 Å². The lowest BCUT2D eigenvalue weighted by Gasteiger charge is -2.27. The molecule has 0 saturated carbocycles. The highest BCUT2D eigenvalue weighted by Crippen LogP contribution is 2.07. The quantitative estimate of drug-likeness (QED) is 0.634. The van der Waals surface area contributed by atoms with E-state index in [9.17, 15) is 4.79 Å². The van der Waals surface area contributed by atoms with Crippen LogP contribution in [0.5, 0.6) is 0 Å². The van der Waals surface area contributed by atoms with Gasteiger partial charge in [-0.3, -0.25) is 9.69 Å². The van der Waals surface area contributed by atoms with Crippen LogP contribution in [0.15, 0.2) is 0 Å². The molecule has 1 rings (SSSR count). The molecule has 4 nitrogen and oxygen atoms in total. The van der Waals surface area contributed by atoms with Gasteiger partial charge in [0, 0.05) is 19.1 Å². The van der Waals surface area contributed by atoms with Gasteiger partial charge in [0.05, 0.1) is 13.7 Å². The molecule has 0 aromatic rings. The van der Waals surface area contributed by atoms with E-state index in [2.05, 4.69) is 23.6 Å². The molecule has 0 aliphatic carbocycles. The number of nitrogens with zero attached hydrogens (tertiary/aromatic N) is 2. The van der Waals surface area contributed by atoms with Crippen LogP contribution in [0.4, 0.5) is 0 Å². The maximum Gasteiger partial charge on any atom is 0.319 e. The van der Waals surface area contributed by atoms with Crippen molar-refractivity contribution in [2.24, 2.45) is 0 Å². The van der Waals surface area contributed by atoms with Gasteiger partial charge in [0.2, 0.25) is 0 Å². The average Bonchev–Trinajstić information content (AvgIpc) is 2.76. The van der Waals surface area contributed by atoms with E-state index in [-0.39, 0.29) is 5.97 Å². The molecular weight excluding hydrogens is 204 g/mol. The summed E-state index contributed by atoms with van der Waals surface area (Å²) in [5, 5.41) is 0. The van der Waals surface area contributed by atoms with Crippen LogP contribution in [0.1, 0.15) is 26.7 Å². The molecule has 4 heteroatoms. The molecule has 0 radical (unpaired) electrons. The fourth-order valence-electron chi connectivity index (χ4n) is 2.03. The lowest BCUT2D eigenvalue weighted by molar-refractivity contribution is -0.142. The minimum absolute atomic E-state index is 0.143. The third kappa shape index (κ3) is 4.49. The van der Waals surface area contributed by atoms with Crippen molar-refractivity contribution in [3.05, 3.63) is 0 Å². The number of hydrogen-bond donors (Lipinski definition) is 0. The molecule has 0 amide bonds. The summed E-state index contributed by atoms with van der Waals surface area (Å²) in [4.78, 5) is 15.9. The average molecular weight is 228 g/mol. The van der Waals surface area contributed by atoms with Gasteiger partial charge in [-0.05, 0) is 39.8 Å². The maximum absolute atomic E-state index is 11.2. The normalized spacial score (nSPS) is 17.3. The highest BCUT2D eigenvalue weighted by atomic mass is 16.5. The molecule has 0 aromatic heterocycles. The number of methoxy groups -OCH3 is 1. The van der Waals surface area contributed by atoms with Gasteiger partial charge in [0.15, 0.2) is 0 Å². The van der Waals surface area contributed by atoms with Gasteiger partial charge in [-0.2, -0.15) is 0 Å². The van der Waals surface area contributed by atoms with E-state index in [1.807, 2.05) is 0 Å². The molecule has 1 saturated heterocycles. The second kappa shape index (κ2) is 6.86. The molecule has 1 fully saturated rings.